The molecular weight excluding hydrogens is 382 g/mol. The molecule has 2 heterocycles. The quantitative estimate of drug-likeness (QED) is 0.791. The largest absolute Gasteiger partial charge is 0.382 e. The molecule has 0 radical (unpaired) electrons. The van der Waals surface area contributed by atoms with Gasteiger partial charge in [0.1, 0.15) is 6.04 Å². The monoisotopic (exact) mass is 407 g/mol. The first-order chi connectivity index (χ1) is 14.7. The van der Waals surface area contributed by atoms with Gasteiger partial charge in [-0.3, -0.25) is 9.59 Å². The van der Waals surface area contributed by atoms with E-state index in [1.807, 2.05) is 60.7 Å². The van der Waals surface area contributed by atoms with Crippen LogP contribution in [0.15, 0.2) is 65.8 Å². The molecule has 0 aliphatic carbocycles. The normalized spacial score (nSPS) is 19.5. The molecule has 0 spiro atoms. The molecule has 2 aliphatic heterocycles. The Labute approximate surface area is 175 Å². The van der Waals surface area contributed by atoms with E-state index in [1.165, 1.54) is 0 Å². The van der Waals surface area contributed by atoms with Crippen molar-refractivity contribution in [2.75, 3.05) is 26.3 Å². The molecule has 2 aliphatic rings. The zero-order valence-electron chi connectivity index (χ0n) is 16.7. The van der Waals surface area contributed by atoms with Crippen LogP contribution in [0.4, 0.5) is 0 Å². The van der Waals surface area contributed by atoms with Gasteiger partial charge in [-0.15, -0.1) is 0 Å². The van der Waals surface area contributed by atoms with Crippen molar-refractivity contribution in [2.45, 2.75) is 25.0 Å². The fourth-order valence-corrected chi connectivity index (χ4v) is 3.64. The summed E-state index contributed by atoms with van der Waals surface area (Å²) in [4.78, 5) is 33.2. The number of nitrogens with one attached hydrogen (secondary N) is 1. The minimum absolute atomic E-state index is 0.0994. The topological polar surface area (TPSA) is 80.2 Å². The van der Waals surface area contributed by atoms with E-state index < -0.39 is 12.1 Å². The molecule has 4 rings (SSSR count). The summed E-state index contributed by atoms with van der Waals surface area (Å²) < 4.78 is 5.35. The molecule has 0 aromatic heterocycles. The molecule has 30 heavy (non-hydrogen) atoms. The molecule has 0 bridgehead atoms. The van der Waals surface area contributed by atoms with Crippen LogP contribution in [0.25, 0.3) is 0 Å². The predicted molar refractivity (Wildman–Crippen MR) is 112 cm³/mol. The second-order valence-corrected chi connectivity index (χ2v) is 7.39. The molecule has 2 amide bonds. The first-order valence-corrected chi connectivity index (χ1v) is 10.2. The fraction of sp³-hybridized carbons (Fsp3) is 0.348. The maximum atomic E-state index is 13.1. The van der Waals surface area contributed by atoms with Crippen LogP contribution in [0.5, 0.6) is 0 Å². The van der Waals surface area contributed by atoms with Crippen molar-refractivity contribution in [3.8, 4) is 0 Å². The summed E-state index contributed by atoms with van der Waals surface area (Å²) in [6.45, 7) is 2.08. The molecule has 2 aromatic rings. The van der Waals surface area contributed by atoms with Gasteiger partial charge in [-0.1, -0.05) is 65.8 Å². The van der Waals surface area contributed by atoms with E-state index >= 15 is 0 Å². The number of amides is 2. The third kappa shape index (κ3) is 4.86. The van der Waals surface area contributed by atoms with Crippen molar-refractivity contribution in [1.29, 1.82) is 0 Å². The van der Waals surface area contributed by atoms with Crippen LogP contribution >= 0.6 is 0 Å². The van der Waals surface area contributed by atoms with E-state index in [9.17, 15) is 9.59 Å². The lowest BCUT2D eigenvalue weighted by molar-refractivity contribution is -0.142. The zero-order chi connectivity index (χ0) is 20.8. The number of rotatable bonds is 6. The SMILES string of the molecule is O=C(N[C@H](Cc1ccccc1)C(=O)N1CCOCC1)[C@H]1CC(c2ccccc2)=NO1. The van der Waals surface area contributed by atoms with E-state index in [0.29, 0.717) is 39.1 Å². The lowest BCUT2D eigenvalue weighted by Crippen LogP contribution is -2.54. The number of carbonyl (C=O) groups excluding carboxylic acids is 2. The van der Waals surface area contributed by atoms with E-state index in [0.717, 1.165) is 16.8 Å². The number of benzene rings is 2. The van der Waals surface area contributed by atoms with Gasteiger partial charge < -0.3 is 19.8 Å². The summed E-state index contributed by atoms with van der Waals surface area (Å²) in [6.07, 6.45) is 0.0533. The smallest absolute Gasteiger partial charge is 0.265 e. The minimum Gasteiger partial charge on any atom is -0.382 e. The molecule has 1 fully saturated rings. The first kappa shape index (κ1) is 20.1. The minimum atomic E-state index is -0.740. The summed E-state index contributed by atoms with van der Waals surface area (Å²) in [5.74, 6) is -0.426. The molecule has 1 N–H and O–H groups in total. The van der Waals surface area contributed by atoms with Gasteiger partial charge in [0, 0.05) is 25.9 Å². The molecule has 0 saturated carbocycles. The van der Waals surface area contributed by atoms with Crippen LogP contribution in [-0.4, -0.2) is 60.9 Å². The van der Waals surface area contributed by atoms with E-state index in [2.05, 4.69) is 10.5 Å². The molecule has 7 nitrogen and oxygen atoms in total. The Morgan fingerprint density at radius 1 is 1.03 bits per heavy atom. The average molecular weight is 407 g/mol. The van der Waals surface area contributed by atoms with Gasteiger partial charge in [0.25, 0.3) is 5.91 Å². The Morgan fingerprint density at radius 2 is 1.70 bits per heavy atom. The van der Waals surface area contributed by atoms with Crippen LogP contribution in [0, 0.1) is 0 Å². The van der Waals surface area contributed by atoms with Gasteiger partial charge in [-0.25, -0.2) is 0 Å². The first-order valence-electron chi connectivity index (χ1n) is 10.2. The summed E-state index contributed by atoms with van der Waals surface area (Å²) in [6, 6.07) is 18.6. The summed E-state index contributed by atoms with van der Waals surface area (Å²) in [5, 5.41) is 6.99. The highest BCUT2D eigenvalue weighted by Crippen LogP contribution is 2.17. The van der Waals surface area contributed by atoms with E-state index in [-0.39, 0.29) is 11.8 Å². The van der Waals surface area contributed by atoms with Crippen molar-refractivity contribution in [3.05, 3.63) is 71.8 Å². The van der Waals surface area contributed by atoms with Crippen molar-refractivity contribution in [3.63, 3.8) is 0 Å². The third-order valence-corrected chi connectivity index (χ3v) is 5.29. The van der Waals surface area contributed by atoms with Crippen molar-refractivity contribution < 1.29 is 19.2 Å². The van der Waals surface area contributed by atoms with Crippen LogP contribution < -0.4 is 5.32 Å². The lowest BCUT2D eigenvalue weighted by atomic mass is 10.0. The maximum absolute atomic E-state index is 13.1. The van der Waals surface area contributed by atoms with Crippen molar-refractivity contribution in [1.82, 2.24) is 10.2 Å². The van der Waals surface area contributed by atoms with E-state index in [1.54, 1.807) is 4.90 Å². The summed E-state index contributed by atoms with van der Waals surface area (Å²) in [5.41, 5.74) is 2.64. The van der Waals surface area contributed by atoms with Crippen LogP contribution in [-0.2, 0) is 25.6 Å². The fourth-order valence-electron chi connectivity index (χ4n) is 3.64. The Balaban J connectivity index is 1.43. The number of morpholine rings is 1. The van der Waals surface area contributed by atoms with Crippen molar-refractivity contribution >= 4 is 17.5 Å². The lowest BCUT2D eigenvalue weighted by Gasteiger charge is -2.31. The maximum Gasteiger partial charge on any atom is 0.265 e. The van der Waals surface area contributed by atoms with E-state index in [4.69, 9.17) is 9.57 Å². The number of carbonyl (C=O) groups is 2. The summed E-state index contributed by atoms with van der Waals surface area (Å²) >= 11 is 0. The standard InChI is InChI=1S/C23H25N3O4/c27-22(21-16-19(25-30-21)18-9-5-2-6-10-18)24-20(15-17-7-3-1-4-8-17)23(28)26-11-13-29-14-12-26/h1-10,20-21H,11-16H2,(H,24,27)/t20-,21-/m1/s1. The number of hydrogen-bond acceptors (Lipinski definition) is 5. The third-order valence-electron chi connectivity index (χ3n) is 5.29. The second-order valence-electron chi connectivity index (χ2n) is 7.39. The number of oxime groups is 1. The number of nitrogens with zero attached hydrogens (tertiary/aromatic N) is 2. The molecule has 156 valence electrons. The average Bonchev–Trinajstić information content (AvgIpc) is 3.31. The highest BCUT2D eigenvalue weighted by Gasteiger charge is 2.33. The molecule has 1 saturated heterocycles. The molecule has 7 heteroatoms. The predicted octanol–water partition coefficient (Wildman–Crippen LogP) is 1.77. The van der Waals surface area contributed by atoms with Gasteiger partial charge in [0.05, 0.1) is 18.9 Å². The van der Waals surface area contributed by atoms with Gasteiger partial charge in [0.2, 0.25) is 12.0 Å². The Morgan fingerprint density at radius 3 is 2.40 bits per heavy atom. The zero-order valence-corrected chi connectivity index (χ0v) is 16.7. The Kier molecular flexibility index (Phi) is 6.39. The van der Waals surface area contributed by atoms with Gasteiger partial charge in [-0.2, -0.15) is 0 Å². The molecule has 2 aromatic carbocycles. The molecular formula is C23H25N3O4. The Bertz CT molecular complexity index is 895. The summed E-state index contributed by atoms with van der Waals surface area (Å²) in [7, 11) is 0. The van der Waals surface area contributed by atoms with Gasteiger partial charge in [0.15, 0.2) is 0 Å². The van der Waals surface area contributed by atoms with Crippen LogP contribution in [0.3, 0.4) is 0 Å². The highest BCUT2D eigenvalue weighted by molar-refractivity contribution is 6.04. The van der Waals surface area contributed by atoms with Gasteiger partial charge >= 0.3 is 0 Å². The molecule has 2 atom stereocenters. The van der Waals surface area contributed by atoms with Crippen LogP contribution in [0.1, 0.15) is 17.5 Å². The van der Waals surface area contributed by atoms with Gasteiger partial charge in [-0.05, 0) is 11.1 Å². The second kappa shape index (κ2) is 9.54. The van der Waals surface area contributed by atoms with Crippen molar-refractivity contribution in [2.24, 2.45) is 5.16 Å². The highest BCUT2D eigenvalue weighted by atomic mass is 16.6. The molecule has 0 unspecified atom stereocenters. The number of hydrogen-bond donors (Lipinski definition) is 1. The number of ether oxygens (including phenoxy) is 1. The Hall–Kier alpha value is -3.19. The van der Waals surface area contributed by atoms with Crippen LogP contribution in [0.2, 0.25) is 0 Å².